The zero-order chi connectivity index (χ0) is 12.8. The second kappa shape index (κ2) is 6.35. The van der Waals surface area contributed by atoms with Crippen LogP contribution in [0.25, 0.3) is 11.5 Å². The minimum atomic E-state index is 0.784. The first kappa shape index (κ1) is 12.8. The van der Waals surface area contributed by atoms with E-state index < -0.39 is 0 Å². The predicted octanol–water partition coefficient (Wildman–Crippen LogP) is 2.01. The molecule has 5 nitrogen and oxygen atoms in total. The summed E-state index contributed by atoms with van der Waals surface area (Å²) in [7, 11) is 1.94. The number of aromatic nitrogens is 3. The van der Waals surface area contributed by atoms with Gasteiger partial charge in [0.15, 0.2) is 11.7 Å². The minimum absolute atomic E-state index is 0.784. The van der Waals surface area contributed by atoms with Crippen LogP contribution in [-0.2, 0) is 13.5 Å². The van der Waals surface area contributed by atoms with Crippen LogP contribution in [0.5, 0.6) is 0 Å². The van der Waals surface area contributed by atoms with Gasteiger partial charge >= 0.3 is 0 Å². The minimum Gasteiger partial charge on any atom is -0.439 e. The van der Waals surface area contributed by atoms with Gasteiger partial charge in [0.2, 0.25) is 0 Å². The van der Waals surface area contributed by atoms with E-state index in [0.717, 1.165) is 43.3 Å². The standard InChI is InChI=1S/C13H20N4O/c1-3-6-14-7-4-5-13-16-9-12(18-13)11-8-15-10-17(11)2/h8-10,14H,3-7H2,1-2H3. The molecule has 18 heavy (non-hydrogen) atoms. The topological polar surface area (TPSA) is 55.9 Å². The van der Waals surface area contributed by atoms with Crippen molar-refractivity contribution < 1.29 is 4.42 Å². The third-order valence-electron chi connectivity index (χ3n) is 2.79. The van der Waals surface area contributed by atoms with E-state index in [9.17, 15) is 0 Å². The average Bonchev–Trinajstić information content (AvgIpc) is 2.97. The molecule has 0 unspecified atom stereocenters. The zero-order valence-corrected chi connectivity index (χ0v) is 11.0. The van der Waals surface area contributed by atoms with E-state index in [0.29, 0.717) is 0 Å². The van der Waals surface area contributed by atoms with Crippen molar-refractivity contribution in [1.82, 2.24) is 19.9 Å². The number of nitrogens with one attached hydrogen (secondary N) is 1. The lowest BCUT2D eigenvalue weighted by atomic mass is 10.3. The molecule has 2 aromatic heterocycles. The summed E-state index contributed by atoms with van der Waals surface area (Å²) in [4.78, 5) is 8.36. The third kappa shape index (κ3) is 3.20. The maximum Gasteiger partial charge on any atom is 0.195 e. The first-order valence-electron chi connectivity index (χ1n) is 6.43. The van der Waals surface area contributed by atoms with Crippen LogP contribution in [0.4, 0.5) is 0 Å². The van der Waals surface area contributed by atoms with Crippen LogP contribution in [0.2, 0.25) is 0 Å². The summed E-state index contributed by atoms with van der Waals surface area (Å²) in [6.07, 6.45) is 8.40. The Morgan fingerprint density at radius 1 is 1.33 bits per heavy atom. The highest BCUT2D eigenvalue weighted by molar-refractivity contribution is 5.49. The second-order valence-electron chi connectivity index (χ2n) is 4.36. The van der Waals surface area contributed by atoms with Gasteiger partial charge in [-0.15, -0.1) is 0 Å². The Morgan fingerprint density at radius 2 is 2.22 bits per heavy atom. The van der Waals surface area contributed by atoms with Gasteiger partial charge in [0.1, 0.15) is 5.69 Å². The molecule has 2 aromatic rings. The molecular weight excluding hydrogens is 228 g/mol. The van der Waals surface area contributed by atoms with Crippen molar-refractivity contribution in [2.24, 2.45) is 7.05 Å². The van der Waals surface area contributed by atoms with Crippen LogP contribution in [-0.4, -0.2) is 27.6 Å². The number of nitrogens with zero attached hydrogens (tertiary/aromatic N) is 3. The Balaban J connectivity index is 1.85. The summed E-state index contributed by atoms with van der Waals surface area (Å²) in [6, 6.07) is 0. The van der Waals surface area contributed by atoms with Crippen molar-refractivity contribution in [3.05, 3.63) is 24.6 Å². The van der Waals surface area contributed by atoms with Crippen LogP contribution in [0.3, 0.4) is 0 Å². The van der Waals surface area contributed by atoms with E-state index in [1.54, 1.807) is 18.7 Å². The Hall–Kier alpha value is -1.62. The highest BCUT2D eigenvalue weighted by Gasteiger charge is 2.08. The largest absolute Gasteiger partial charge is 0.439 e. The number of aryl methyl sites for hydroxylation is 2. The highest BCUT2D eigenvalue weighted by Crippen LogP contribution is 2.19. The van der Waals surface area contributed by atoms with Gasteiger partial charge in [-0.2, -0.15) is 0 Å². The molecule has 0 aromatic carbocycles. The van der Waals surface area contributed by atoms with Crippen LogP contribution >= 0.6 is 0 Å². The van der Waals surface area contributed by atoms with Crippen LogP contribution in [0, 0.1) is 0 Å². The van der Waals surface area contributed by atoms with Gasteiger partial charge in [-0.3, -0.25) is 0 Å². The maximum absolute atomic E-state index is 5.72. The van der Waals surface area contributed by atoms with Crippen LogP contribution in [0.15, 0.2) is 23.1 Å². The fraction of sp³-hybridized carbons (Fsp3) is 0.538. The lowest BCUT2D eigenvalue weighted by molar-refractivity contribution is 0.489. The maximum atomic E-state index is 5.72. The van der Waals surface area contributed by atoms with Crippen molar-refractivity contribution in [1.29, 1.82) is 0 Å². The first-order chi connectivity index (χ1) is 8.81. The summed E-state index contributed by atoms with van der Waals surface area (Å²) in [6.45, 7) is 4.25. The highest BCUT2D eigenvalue weighted by atomic mass is 16.4. The lowest BCUT2D eigenvalue weighted by Crippen LogP contribution is -2.16. The summed E-state index contributed by atoms with van der Waals surface area (Å²) in [5.74, 6) is 1.58. The Kier molecular flexibility index (Phi) is 4.52. The van der Waals surface area contributed by atoms with E-state index in [1.807, 2.05) is 11.6 Å². The molecular formula is C13H20N4O. The molecule has 0 saturated carbocycles. The van der Waals surface area contributed by atoms with Crippen LogP contribution in [0.1, 0.15) is 25.7 Å². The number of hydrogen-bond acceptors (Lipinski definition) is 4. The van der Waals surface area contributed by atoms with Gasteiger partial charge in [-0.05, 0) is 25.9 Å². The molecule has 98 valence electrons. The van der Waals surface area contributed by atoms with E-state index in [-0.39, 0.29) is 0 Å². The molecule has 0 bridgehead atoms. The zero-order valence-electron chi connectivity index (χ0n) is 11.0. The molecule has 2 rings (SSSR count). The van der Waals surface area contributed by atoms with Gasteiger partial charge in [0.05, 0.1) is 18.7 Å². The number of imidazole rings is 1. The molecule has 1 N–H and O–H groups in total. The molecule has 0 spiro atoms. The van der Waals surface area contributed by atoms with Gasteiger partial charge in [-0.1, -0.05) is 6.92 Å². The molecule has 0 radical (unpaired) electrons. The Bertz CT molecular complexity index is 475. The molecule has 0 amide bonds. The third-order valence-corrected chi connectivity index (χ3v) is 2.79. The monoisotopic (exact) mass is 248 g/mol. The first-order valence-corrected chi connectivity index (χ1v) is 6.43. The number of hydrogen-bond donors (Lipinski definition) is 1. The number of oxazole rings is 1. The molecule has 0 aliphatic heterocycles. The normalized spacial score (nSPS) is 11.0. The second-order valence-corrected chi connectivity index (χ2v) is 4.36. The summed E-state index contributed by atoms with van der Waals surface area (Å²) in [5, 5.41) is 3.37. The van der Waals surface area contributed by atoms with Crippen molar-refractivity contribution >= 4 is 0 Å². The van der Waals surface area contributed by atoms with Gasteiger partial charge < -0.3 is 14.3 Å². The van der Waals surface area contributed by atoms with Gasteiger partial charge in [0, 0.05) is 13.5 Å². The van der Waals surface area contributed by atoms with E-state index in [1.165, 1.54) is 6.42 Å². The van der Waals surface area contributed by atoms with Crippen LogP contribution < -0.4 is 5.32 Å². The van der Waals surface area contributed by atoms with Gasteiger partial charge in [-0.25, -0.2) is 9.97 Å². The van der Waals surface area contributed by atoms with E-state index >= 15 is 0 Å². The fourth-order valence-corrected chi connectivity index (χ4v) is 1.81. The Morgan fingerprint density at radius 3 is 2.94 bits per heavy atom. The molecule has 0 aliphatic carbocycles. The molecule has 0 atom stereocenters. The Labute approximate surface area is 107 Å². The summed E-state index contributed by atoms with van der Waals surface area (Å²) < 4.78 is 7.64. The molecule has 0 aliphatic rings. The van der Waals surface area contributed by atoms with Crippen molar-refractivity contribution in [3.63, 3.8) is 0 Å². The molecule has 0 saturated heterocycles. The molecule has 5 heteroatoms. The molecule has 0 fully saturated rings. The smallest absolute Gasteiger partial charge is 0.195 e. The molecule has 2 heterocycles. The van der Waals surface area contributed by atoms with Crippen molar-refractivity contribution in [2.45, 2.75) is 26.2 Å². The quantitative estimate of drug-likeness (QED) is 0.761. The number of rotatable bonds is 7. The predicted molar refractivity (Wildman–Crippen MR) is 70.2 cm³/mol. The summed E-state index contributed by atoms with van der Waals surface area (Å²) in [5.41, 5.74) is 0.956. The summed E-state index contributed by atoms with van der Waals surface area (Å²) >= 11 is 0. The van der Waals surface area contributed by atoms with E-state index in [4.69, 9.17) is 4.42 Å². The van der Waals surface area contributed by atoms with Gasteiger partial charge in [0.25, 0.3) is 0 Å². The fourth-order valence-electron chi connectivity index (χ4n) is 1.81. The van der Waals surface area contributed by atoms with Crippen molar-refractivity contribution in [3.8, 4) is 11.5 Å². The van der Waals surface area contributed by atoms with E-state index in [2.05, 4.69) is 22.2 Å². The average molecular weight is 248 g/mol. The van der Waals surface area contributed by atoms with Crippen molar-refractivity contribution in [2.75, 3.05) is 13.1 Å². The lowest BCUT2D eigenvalue weighted by Gasteiger charge is -2.00. The SMILES string of the molecule is CCCNCCCc1ncc(-c2cncn2C)o1.